The largest absolute Gasteiger partial charge is 0.482 e. The number of benzene rings is 2. The third-order valence-corrected chi connectivity index (χ3v) is 4.51. The maximum atomic E-state index is 13.1. The van der Waals surface area contributed by atoms with Crippen molar-refractivity contribution < 1.29 is 23.5 Å². The van der Waals surface area contributed by atoms with E-state index in [0.29, 0.717) is 24.4 Å². The number of ether oxygens (including phenoxy) is 2. The summed E-state index contributed by atoms with van der Waals surface area (Å²) in [5.41, 5.74) is 0.708. The van der Waals surface area contributed by atoms with Crippen LogP contribution in [0.5, 0.6) is 5.75 Å². The van der Waals surface area contributed by atoms with E-state index in [2.05, 4.69) is 10.6 Å². The number of anilines is 1. The number of rotatable bonds is 7. The van der Waals surface area contributed by atoms with E-state index in [9.17, 15) is 14.0 Å². The third-order valence-electron chi connectivity index (χ3n) is 4.21. The van der Waals surface area contributed by atoms with Gasteiger partial charge in [0.25, 0.3) is 11.8 Å². The van der Waals surface area contributed by atoms with E-state index in [1.54, 1.807) is 24.3 Å². The second-order valence-corrected chi connectivity index (χ2v) is 6.71. The molecular formula is C20H20ClFN2O4. The molecule has 1 heterocycles. The van der Waals surface area contributed by atoms with E-state index >= 15 is 0 Å². The fourth-order valence-corrected chi connectivity index (χ4v) is 3.04. The lowest BCUT2D eigenvalue weighted by Crippen LogP contribution is -2.32. The Labute approximate surface area is 167 Å². The summed E-state index contributed by atoms with van der Waals surface area (Å²) in [6, 6.07) is 10.3. The van der Waals surface area contributed by atoms with E-state index in [-0.39, 0.29) is 29.4 Å². The maximum absolute atomic E-state index is 13.1. The number of carbonyl (C=O) groups excluding carboxylic acids is 2. The first kappa shape index (κ1) is 20.1. The van der Waals surface area contributed by atoms with E-state index in [4.69, 9.17) is 21.1 Å². The number of halogens is 2. The summed E-state index contributed by atoms with van der Waals surface area (Å²) in [6.07, 6.45) is 1.94. The van der Waals surface area contributed by atoms with Crippen molar-refractivity contribution in [2.75, 3.05) is 25.1 Å². The second kappa shape index (κ2) is 9.52. The van der Waals surface area contributed by atoms with Gasteiger partial charge >= 0.3 is 0 Å². The molecule has 1 aliphatic heterocycles. The normalized spacial score (nSPS) is 15.9. The van der Waals surface area contributed by atoms with Gasteiger partial charge in [0.15, 0.2) is 6.61 Å². The van der Waals surface area contributed by atoms with Crippen molar-refractivity contribution in [1.82, 2.24) is 5.32 Å². The van der Waals surface area contributed by atoms with Crippen molar-refractivity contribution in [2.24, 2.45) is 0 Å². The van der Waals surface area contributed by atoms with Crippen LogP contribution in [0.15, 0.2) is 42.5 Å². The average Bonchev–Trinajstić information content (AvgIpc) is 3.19. The van der Waals surface area contributed by atoms with Gasteiger partial charge in [-0.3, -0.25) is 9.59 Å². The molecule has 1 unspecified atom stereocenters. The summed E-state index contributed by atoms with van der Waals surface area (Å²) in [7, 11) is 0. The van der Waals surface area contributed by atoms with Crippen molar-refractivity contribution in [1.29, 1.82) is 0 Å². The van der Waals surface area contributed by atoms with Crippen LogP contribution in [0.2, 0.25) is 5.02 Å². The molecule has 6 nitrogen and oxygen atoms in total. The molecule has 2 aromatic carbocycles. The SMILES string of the molecule is O=C(COc1ccc(F)cc1Cl)Nc1ccccc1C(=O)NCC1CCCO1. The Balaban J connectivity index is 1.57. The Hall–Kier alpha value is -2.64. The van der Waals surface area contributed by atoms with Crippen LogP contribution >= 0.6 is 11.6 Å². The van der Waals surface area contributed by atoms with Gasteiger partial charge in [-0.05, 0) is 43.2 Å². The van der Waals surface area contributed by atoms with Gasteiger partial charge in [0, 0.05) is 13.2 Å². The minimum atomic E-state index is -0.496. The standard InChI is InChI=1S/C20H20ClFN2O4/c21-16-10-13(22)7-8-18(16)28-12-19(25)24-17-6-2-1-5-15(17)20(26)23-11-14-4-3-9-27-14/h1-2,5-8,10,14H,3-4,9,11-12H2,(H,23,26)(H,24,25). The quantitative estimate of drug-likeness (QED) is 0.738. The molecule has 0 saturated carbocycles. The molecule has 2 amide bonds. The molecule has 0 aliphatic carbocycles. The zero-order valence-corrected chi connectivity index (χ0v) is 15.8. The lowest BCUT2D eigenvalue weighted by molar-refractivity contribution is -0.118. The molecule has 0 spiro atoms. The van der Waals surface area contributed by atoms with Crippen LogP contribution in [0.4, 0.5) is 10.1 Å². The summed E-state index contributed by atoms with van der Waals surface area (Å²) < 4.78 is 23.9. The molecule has 8 heteroatoms. The number of carbonyl (C=O) groups is 2. The van der Waals surface area contributed by atoms with Gasteiger partial charge in [-0.15, -0.1) is 0 Å². The van der Waals surface area contributed by atoms with Gasteiger partial charge in [-0.1, -0.05) is 23.7 Å². The van der Waals surface area contributed by atoms with Gasteiger partial charge in [0.2, 0.25) is 0 Å². The monoisotopic (exact) mass is 406 g/mol. The Kier molecular flexibility index (Phi) is 6.84. The molecule has 148 valence electrons. The first-order valence-electron chi connectivity index (χ1n) is 8.89. The zero-order valence-electron chi connectivity index (χ0n) is 15.0. The minimum Gasteiger partial charge on any atom is -0.482 e. The summed E-state index contributed by atoms with van der Waals surface area (Å²) in [6.45, 7) is 0.801. The number of amides is 2. The van der Waals surface area contributed by atoms with E-state index in [1.165, 1.54) is 12.1 Å². The molecule has 0 bridgehead atoms. The van der Waals surface area contributed by atoms with Crippen LogP contribution in [0.3, 0.4) is 0 Å². The van der Waals surface area contributed by atoms with Gasteiger partial charge in [-0.2, -0.15) is 0 Å². The summed E-state index contributed by atoms with van der Waals surface area (Å²) >= 11 is 5.87. The van der Waals surface area contributed by atoms with Crippen molar-refractivity contribution in [3.8, 4) is 5.75 Å². The Morgan fingerprint density at radius 3 is 2.82 bits per heavy atom. The number of nitrogens with one attached hydrogen (secondary N) is 2. The predicted molar refractivity (Wildman–Crippen MR) is 103 cm³/mol. The van der Waals surface area contributed by atoms with Crippen LogP contribution in [-0.2, 0) is 9.53 Å². The van der Waals surface area contributed by atoms with E-state index < -0.39 is 11.7 Å². The number of para-hydroxylation sites is 1. The Morgan fingerprint density at radius 2 is 2.07 bits per heavy atom. The predicted octanol–water partition coefficient (Wildman–Crippen LogP) is 3.41. The van der Waals surface area contributed by atoms with Crippen LogP contribution in [0.25, 0.3) is 0 Å². The topological polar surface area (TPSA) is 76.7 Å². The highest BCUT2D eigenvalue weighted by Gasteiger charge is 2.18. The van der Waals surface area contributed by atoms with Crippen molar-refractivity contribution >= 4 is 29.1 Å². The van der Waals surface area contributed by atoms with Crippen molar-refractivity contribution in [2.45, 2.75) is 18.9 Å². The summed E-state index contributed by atoms with van der Waals surface area (Å²) in [5, 5.41) is 5.54. The maximum Gasteiger partial charge on any atom is 0.262 e. The molecule has 1 fully saturated rings. The first-order valence-corrected chi connectivity index (χ1v) is 9.27. The van der Waals surface area contributed by atoms with Crippen LogP contribution < -0.4 is 15.4 Å². The highest BCUT2D eigenvalue weighted by atomic mass is 35.5. The van der Waals surface area contributed by atoms with Crippen LogP contribution in [0.1, 0.15) is 23.2 Å². The smallest absolute Gasteiger partial charge is 0.262 e. The minimum absolute atomic E-state index is 0.0274. The molecule has 1 aliphatic rings. The molecular weight excluding hydrogens is 387 g/mol. The lowest BCUT2D eigenvalue weighted by atomic mass is 10.1. The zero-order chi connectivity index (χ0) is 19.9. The van der Waals surface area contributed by atoms with Crippen molar-refractivity contribution in [3.63, 3.8) is 0 Å². The van der Waals surface area contributed by atoms with E-state index in [0.717, 1.165) is 18.9 Å². The second-order valence-electron chi connectivity index (χ2n) is 6.30. The molecule has 1 saturated heterocycles. The van der Waals surface area contributed by atoms with Gasteiger partial charge in [-0.25, -0.2) is 4.39 Å². The molecule has 0 aromatic heterocycles. The number of hydrogen-bond donors (Lipinski definition) is 2. The fraction of sp³-hybridized carbons (Fsp3) is 0.300. The average molecular weight is 407 g/mol. The fourth-order valence-electron chi connectivity index (χ4n) is 2.82. The van der Waals surface area contributed by atoms with Gasteiger partial charge < -0.3 is 20.1 Å². The molecule has 3 rings (SSSR count). The molecule has 2 N–H and O–H groups in total. The van der Waals surface area contributed by atoms with E-state index in [1.807, 2.05) is 0 Å². The third kappa shape index (κ3) is 5.43. The lowest BCUT2D eigenvalue weighted by Gasteiger charge is -2.14. The highest BCUT2D eigenvalue weighted by molar-refractivity contribution is 6.32. The molecule has 28 heavy (non-hydrogen) atoms. The van der Waals surface area contributed by atoms with Gasteiger partial charge in [0.05, 0.1) is 22.4 Å². The van der Waals surface area contributed by atoms with Gasteiger partial charge in [0.1, 0.15) is 11.6 Å². The first-order chi connectivity index (χ1) is 13.5. The van der Waals surface area contributed by atoms with Crippen LogP contribution in [0, 0.1) is 5.82 Å². The molecule has 2 aromatic rings. The molecule has 0 radical (unpaired) electrons. The summed E-state index contributed by atoms with van der Waals surface area (Å²) in [4.78, 5) is 24.7. The Morgan fingerprint density at radius 1 is 1.25 bits per heavy atom. The summed E-state index contributed by atoms with van der Waals surface area (Å²) in [5.74, 6) is -1.07. The Bertz CT molecular complexity index is 856. The van der Waals surface area contributed by atoms with Crippen molar-refractivity contribution in [3.05, 3.63) is 58.9 Å². The number of hydrogen-bond acceptors (Lipinski definition) is 4. The van der Waals surface area contributed by atoms with Crippen LogP contribution in [-0.4, -0.2) is 37.7 Å². The molecule has 1 atom stereocenters. The highest BCUT2D eigenvalue weighted by Crippen LogP contribution is 2.25.